The van der Waals surface area contributed by atoms with Crippen LogP contribution in [0.4, 0.5) is 0 Å². The molecule has 6 aromatic rings. The molecule has 0 aliphatic heterocycles. The van der Waals surface area contributed by atoms with Gasteiger partial charge in [-0.05, 0) is 141 Å². The normalized spacial score (nSPS) is 17.4. The molecule has 2 aliphatic rings. The Morgan fingerprint density at radius 2 is 0.972 bits per heavy atom. The lowest BCUT2D eigenvalue weighted by Gasteiger charge is -2.33. The zero-order valence-corrected chi connectivity index (χ0v) is 44.2. The summed E-state index contributed by atoms with van der Waals surface area (Å²) in [5.74, 6) is 1.11. The lowest BCUT2D eigenvalue weighted by atomic mass is 9.82. The van der Waals surface area contributed by atoms with Crippen LogP contribution < -0.4 is 27.1 Å². The van der Waals surface area contributed by atoms with Gasteiger partial charge in [-0.25, -0.2) is 9.13 Å². The second-order valence-corrected chi connectivity index (χ2v) is 23.2. The molecule has 376 valence electrons. The Kier molecular flexibility index (Phi) is 18.9. The maximum absolute atomic E-state index is 14.9. The molecule has 0 heterocycles. The van der Waals surface area contributed by atoms with Crippen molar-refractivity contribution in [3.05, 3.63) is 177 Å². The maximum Gasteiger partial charge on any atom is 0.647 e. The van der Waals surface area contributed by atoms with Gasteiger partial charge in [0.25, 0.3) is 0 Å². The minimum absolute atomic E-state index is 0.0173. The largest absolute Gasteiger partial charge is 0.647 e. The van der Waals surface area contributed by atoms with Crippen LogP contribution >= 0.6 is 69.9 Å². The molecule has 0 amide bonds. The molecule has 19 heteroatoms. The quantitative estimate of drug-likeness (QED) is 0.0446. The summed E-state index contributed by atoms with van der Waals surface area (Å²) in [5, 5.41) is 0.921. The van der Waals surface area contributed by atoms with Crippen molar-refractivity contribution in [2.45, 2.75) is 95.2 Å². The number of benzene rings is 6. The second kappa shape index (κ2) is 25.2. The van der Waals surface area contributed by atoms with Gasteiger partial charge in [0.1, 0.15) is 17.2 Å². The lowest BCUT2D eigenvalue weighted by Crippen LogP contribution is -2.24. The van der Waals surface area contributed by atoms with Crippen LogP contribution in [0, 0.1) is 0 Å². The Morgan fingerprint density at radius 1 is 0.437 bits per heavy atom. The number of rotatable bonds is 23. The van der Waals surface area contributed by atoms with E-state index in [2.05, 4.69) is 0 Å². The van der Waals surface area contributed by atoms with Crippen molar-refractivity contribution in [1.82, 2.24) is 0 Å². The number of unbranched alkanes of at least 4 members (excludes halogenated alkanes) is 1. The molecule has 2 aliphatic carbocycles. The first kappa shape index (κ1) is 53.2. The standard InChI is InChI=1S/C52H53Cl4O12P3/c53-45-26-10-12-28-49(45)65-69(57,66-50-29-13-11-27-46(50)54)60-34-15-14-17-38-30-32-47(55)52(35-38)68-71(59,63-43-23-8-3-9-24-43)64-44-25-16-18-39(36-44)40-31-33-51(48(56)37-40)67-70(58,61-41-19-4-1-5-20-41)62-42-21-6-2-7-22-42/h1-2,4-7,10-13,19-22,26-33,35,37,39,43-44H,3,8-9,14-18,23-25,34,36H2. The number of phosphoric ester groups is 3. The van der Waals surface area contributed by atoms with E-state index in [9.17, 15) is 13.7 Å². The second-order valence-electron chi connectivity index (χ2n) is 17.1. The third-order valence-corrected chi connectivity index (χ3v) is 17.1. The fourth-order valence-corrected chi connectivity index (χ4v) is 13.4. The summed E-state index contributed by atoms with van der Waals surface area (Å²) in [6.45, 7) is 0.0173. The summed E-state index contributed by atoms with van der Waals surface area (Å²) in [5.41, 5.74) is 1.74. The van der Waals surface area contributed by atoms with Gasteiger partial charge in [0.2, 0.25) is 0 Å². The van der Waals surface area contributed by atoms with E-state index in [0.717, 1.165) is 56.1 Å². The van der Waals surface area contributed by atoms with Gasteiger partial charge in [0.15, 0.2) is 17.2 Å². The highest BCUT2D eigenvalue weighted by atomic mass is 35.5. The highest BCUT2D eigenvalue weighted by molar-refractivity contribution is 7.50. The van der Waals surface area contributed by atoms with Crippen LogP contribution in [0.3, 0.4) is 0 Å². The van der Waals surface area contributed by atoms with E-state index in [0.29, 0.717) is 43.6 Å². The molecule has 0 saturated heterocycles. The molecule has 2 fully saturated rings. The van der Waals surface area contributed by atoms with E-state index < -0.39 is 29.6 Å². The molecule has 2 saturated carbocycles. The maximum atomic E-state index is 14.9. The number of hydrogen-bond donors (Lipinski definition) is 0. The molecule has 12 nitrogen and oxygen atoms in total. The number of halogens is 4. The molecule has 0 bridgehead atoms. The first-order valence-electron chi connectivity index (χ1n) is 23.5. The van der Waals surface area contributed by atoms with Crippen LogP contribution in [0.5, 0.6) is 34.5 Å². The van der Waals surface area contributed by atoms with E-state index >= 15 is 0 Å². The predicted octanol–water partition coefficient (Wildman–Crippen LogP) is 18.1. The fourth-order valence-electron chi connectivity index (χ4n) is 8.24. The molecule has 3 unspecified atom stereocenters. The topological polar surface area (TPSA) is 134 Å². The number of aryl methyl sites for hydroxylation is 1. The lowest BCUT2D eigenvalue weighted by molar-refractivity contribution is 0.0482. The minimum atomic E-state index is -4.28. The van der Waals surface area contributed by atoms with Crippen LogP contribution in [-0.2, 0) is 33.7 Å². The third kappa shape index (κ3) is 15.7. The first-order chi connectivity index (χ1) is 34.3. The van der Waals surface area contributed by atoms with Gasteiger partial charge >= 0.3 is 23.5 Å². The molecule has 0 aromatic heterocycles. The predicted molar refractivity (Wildman–Crippen MR) is 278 cm³/mol. The Morgan fingerprint density at radius 3 is 1.59 bits per heavy atom. The van der Waals surface area contributed by atoms with Crippen molar-refractivity contribution in [2.75, 3.05) is 6.61 Å². The van der Waals surface area contributed by atoms with Gasteiger partial charge in [0.05, 0.1) is 38.9 Å². The molecular weight excluding hydrogens is 1050 g/mol. The highest BCUT2D eigenvalue weighted by Crippen LogP contribution is 2.57. The zero-order chi connectivity index (χ0) is 49.7. The van der Waals surface area contributed by atoms with Gasteiger partial charge < -0.3 is 27.1 Å². The Hall–Kier alpha value is -4.15. The average molecular weight is 1100 g/mol. The molecule has 0 N–H and O–H groups in total. The number of phosphoric acid groups is 3. The van der Waals surface area contributed by atoms with Crippen molar-refractivity contribution in [1.29, 1.82) is 0 Å². The van der Waals surface area contributed by atoms with Gasteiger partial charge in [0, 0.05) is 0 Å². The van der Waals surface area contributed by atoms with E-state index in [1.807, 2.05) is 24.3 Å². The van der Waals surface area contributed by atoms with Crippen molar-refractivity contribution < 1.29 is 54.4 Å². The van der Waals surface area contributed by atoms with E-state index in [-0.39, 0.29) is 61.7 Å². The number of para-hydroxylation sites is 4. The van der Waals surface area contributed by atoms with E-state index in [1.54, 1.807) is 121 Å². The highest BCUT2D eigenvalue weighted by Gasteiger charge is 2.40. The molecule has 71 heavy (non-hydrogen) atoms. The summed E-state index contributed by atoms with van der Waals surface area (Å²) < 4.78 is 96.9. The summed E-state index contributed by atoms with van der Waals surface area (Å²) in [7, 11) is -12.8. The summed E-state index contributed by atoms with van der Waals surface area (Å²) in [4.78, 5) is 0. The summed E-state index contributed by atoms with van der Waals surface area (Å²) in [6, 6.07) is 40.9. The van der Waals surface area contributed by atoms with Gasteiger partial charge in [-0.15, -0.1) is 0 Å². The van der Waals surface area contributed by atoms with Crippen molar-refractivity contribution in [3.63, 3.8) is 0 Å². The van der Waals surface area contributed by atoms with Crippen LogP contribution in [-0.4, -0.2) is 18.8 Å². The summed E-state index contributed by atoms with van der Waals surface area (Å²) >= 11 is 26.2. The third-order valence-electron chi connectivity index (χ3n) is 11.7. The summed E-state index contributed by atoms with van der Waals surface area (Å²) in [6.07, 6.45) is 7.92. The van der Waals surface area contributed by atoms with E-state index in [4.69, 9.17) is 87.1 Å². The van der Waals surface area contributed by atoms with Crippen LogP contribution in [0.25, 0.3) is 0 Å². The SMILES string of the molecule is O=P(Oc1ccccc1)(Oc1ccccc1)Oc1ccc(C2CCCC(OP(=O)(Oc3cc(CCCCOP(=O)(Oc4ccccc4Cl)Oc4ccccc4Cl)ccc3Cl)OC3CCCCC3)C2)cc1Cl. The monoisotopic (exact) mass is 1100 g/mol. The van der Waals surface area contributed by atoms with Crippen LogP contribution in [0.2, 0.25) is 20.1 Å². The molecule has 0 spiro atoms. The Balaban J connectivity index is 0.913. The smallest absolute Gasteiger partial charge is 0.402 e. The Bertz CT molecular complexity index is 2740. The van der Waals surface area contributed by atoms with Gasteiger partial charge in [-0.2, -0.15) is 4.57 Å². The number of hydrogen-bond acceptors (Lipinski definition) is 12. The van der Waals surface area contributed by atoms with E-state index in [1.165, 1.54) is 0 Å². The van der Waals surface area contributed by atoms with Gasteiger partial charge in [-0.1, -0.05) is 145 Å². The Labute approximate surface area is 434 Å². The van der Waals surface area contributed by atoms with Crippen molar-refractivity contribution in [2.24, 2.45) is 0 Å². The van der Waals surface area contributed by atoms with Crippen molar-refractivity contribution in [3.8, 4) is 34.5 Å². The fraction of sp³-hybridized carbons (Fsp3) is 0.308. The van der Waals surface area contributed by atoms with Crippen LogP contribution in [0.15, 0.2) is 146 Å². The minimum Gasteiger partial charge on any atom is -0.402 e. The molecular formula is C52H53Cl4O12P3. The molecule has 3 atom stereocenters. The zero-order valence-electron chi connectivity index (χ0n) is 38.5. The average Bonchev–Trinajstić information content (AvgIpc) is 3.35. The molecule has 6 aromatic carbocycles. The molecule has 0 radical (unpaired) electrons. The molecule has 8 rings (SSSR count). The van der Waals surface area contributed by atoms with Crippen molar-refractivity contribution >= 4 is 69.9 Å². The first-order valence-corrected chi connectivity index (χ1v) is 29.4. The van der Waals surface area contributed by atoms with Crippen LogP contribution in [0.1, 0.15) is 87.7 Å². The van der Waals surface area contributed by atoms with Gasteiger partial charge in [-0.3, -0.25) is 13.6 Å².